The van der Waals surface area contributed by atoms with E-state index in [-0.39, 0.29) is 11.8 Å². The summed E-state index contributed by atoms with van der Waals surface area (Å²) in [6.45, 7) is 3.26. The summed E-state index contributed by atoms with van der Waals surface area (Å²) in [7, 11) is 3.27. The van der Waals surface area contributed by atoms with Gasteiger partial charge in [0.05, 0.1) is 19.7 Å². The second-order valence-corrected chi connectivity index (χ2v) is 8.92. The van der Waals surface area contributed by atoms with E-state index in [4.69, 9.17) is 9.47 Å². The molecule has 5 rings (SSSR count). The Morgan fingerprint density at radius 3 is 2.39 bits per heavy atom. The number of ether oxygens (including phenoxy) is 2. The molecule has 2 aromatic carbocycles. The Labute approximate surface area is 183 Å². The number of hydrogen-bond acceptors (Lipinski definition) is 4. The Hall–Kier alpha value is -2.79. The van der Waals surface area contributed by atoms with Crippen molar-refractivity contribution in [3.05, 3.63) is 59.8 Å². The summed E-state index contributed by atoms with van der Waals surface area (Å²) in [4.78, 5) is 15.8. The molecule has 1 unspecified atom stereocenters. The zero-order valence-electron chi connectivity index (χ0n) is 18.3. The fourth-order valence-corrected chi connectivity index (χ4v) is 5.33. The minimum absolute atomic E-state index is 0.0955. The van der Waals surface area contributed by atoms with Gasteiger partial charge in [0.15, 0.2) is 11.5 Å². The van der Waals surface area contributed by atoms with Crippen LogP contribution in [0.4, 0.5) is 0 Å². The first kappa shape index (κ1) is 20.1. The van der Waals surface area contributed by atoms with Gasteiger partial charge in [0.1, 0.15) is 0 Å². The van der Waals surface area contributed by atoms with Crippen LogP contribution in [0, 0.1) is 11.8 Å². The fourth-order valence-electron chi connectivity index (χ4n) is 5.33. The highest BCUT2D eigenvalue weighted by Gasteiger charge is 2.35. The van der Waals surface area contributed by atoms with Crippen molar-refractivity contribution in [1.82, 2.24) is 9.47 Å². The topological polar surface area (TPSA) is 43.7 Å². The van der Waals surface area contributed by atoms with Crippen molar-refractivity contribution in [3.8, 4) is 11.5 Å². The summed E-state index contributed by atoms with van der Waals surface area (Å²) in [6.07, 6.45) is 4.19. The van der Waals surface area contributed by atoms with Crippen molar-refractivity contribution in [2.24, 2.45) is 11.8 Å². The van der Waals surface area contributed by atoms with Gasteiger partial charge in [0.25, 0.3) is 0 Å². The Morgan fingerprint density at radius 2 is 1.68 bits per heavy atom. The molecule has 3 heterocycles. The number of aromatic nitrogens is 1. The molecule has 1 fully saturated rings. The summed E-state index contributed by atoms with van der Waals surface area (Å²) in [5.41, 5.74) is 3.42. The normalized spacial score (nSPS) is 19.7. The first-order valence-corrected chi connectivity index (χ1v) is 11.2. The lowest BCUT2D eigenvalue weighted by molar-refractivity contribution is 0.0830. The van der Waals surface area contributed by atoms with Gasteiger partial charge >= 0.3 is 0 Å². The largest absolute Gasteiger partial charge is 0.493 e. The second kappa shape index (κ2) is 8.39. The van der Waals surface area contributed by atoms with Crippen molar-refractivity contribution >= 4 is 16.8 Å². The fraction of sp³-hybridized carbons (Fsp3) is 0.423. The third-order valence-electron chi connectivity index (χ3n) is 6.98. The molecule has 0 aliphatic carbocycles. The van der Waals surface area contributed by atoms with Crippen molar-refractivity contribution in [3.63, 3.8) is 0 Å². The molecule has 1 saturated heterocycles. The van der Waals surface area contributed by atoms with E-state index in [1.807, 2.05) is 16.7 Å². The van der Waals surface area contributed by atoms with Gasteiger partial charge in [-0.05, 0) is 62.4 Å². The highest BCUT2D eigenvalue weighted by molar-refractivity contribution is 5.98. The smallest absolute Gasteiger partial charge is 0.234 e. The molecule has 1 atom stereocenters. The van der Waals surface area contributed by atoms with Gasteiger partial charge < -0.3 is 9.47 Å². The van der Waals surface area contributed by atoms with Gasteiger partial charge in [-0.3, -0.25) is 14.3 Å². The Balaban J connectivity index is 1.23. The third-order valence-corrected chi connectivity index (χ3v) is 6.98. The van der Waals surface area contributed by atoms with Crippen LogP contribution in [-0.4, -0.2) is 42.7 Å². The number of likely N-dealkylation sites (tertiary alicyclic amines) is 1. The van der Waals surface area contributed by atoms with E-state index >= 15 is 0 Å². The predicted molar refractivity (Wildman–Crippen MR) is 122 cm³/mol. The van der Waals surface area contributed by atoms with Crippen molar-refractivity contribution in [1.29, 1.82) is 0 Å². The van der Waals surface area contributed by atoms with Crippen LogP contribution in [0.15, 0.2) is 48.5 Å². The van der Waals surface area contributed by atoms with Gasteiger partial charge in [-0.1, -0.05) is 30.3 Å². The highest BCUT2D eigenvalue weighted by Crippen LogP contribution is 2.38. The van der Waals surface area contributed by atoms with E-state index in [1.54, 1.807) is 14.2 Å². The van der Waals surface area contributed by atoms with Crippen LogP contribution in [0.25, 0.3) is 10.9 Å². The quantitative estimate of drug-likeness (QED) is 0.578. The monoisotopic (exact) mass is 418 g/mol. The zero-order chi connectivity index (χ0) is 21.4. The van der Waals surface area contributed by atoms with Gasteiger partial charge in [-0.25, -0.2) is 0 Å². The number of methoxy groups -OCH3 is 2. The SMILES string of the molecule is COc1cc2cc3n(c2cc1OC)C(=O)C(CC1CCN(Cc2ccccc2)CC1)C3. The summed E-state index contributed by atoms with van der Waals surface area (Å²) in [5.74, 6) is 2.33. The molecule has 5 heteroatoms. The standard InChI is InChI=1S/C26H30N2O3/c1-30-24-15-20-13-22-14-21(26(29)28(22)23(20)16-25(24)31-2)12-18-8-10-27(11-9-18)17-19-6-4-3-5-7-19/h3-7,13,15-16,18,21H,8-12,14,17H2,1-2H3. The molecule has 0 bridgehead atoms. The van der Waals surface area contributed by atoms with Crippen LogP contribution in [0.3, 0.4) is 0 Å². The molecule has 0 saturated carbocycles. The van der Waals surface area contributed by atoms with E-state index in [0.29, 0.717) is 17.4 Å². The van der Waals surface area contributed by atoms with Crippen LogP contribution in [0.5, 0.6) is 11.5 Å². The molecule has 5 nitrogen and oxygen atoms in total. The lowest BCUT2D eigenvalue weighted by Gasteiger charge is -2.32. The maximum atomic E-state index is 13.3. The molecule has 0 N–H and O–H groups in total. The molecule has 0 radical (unpaired) electrons. The molecule has 1 aromatic heterocycles. The Bertz CT molecular complexity index is 1080. The first-order chi connectivity index (χ1) is 15.2. The summed E-state index contributed by atoms with van der Waals surface area (Å²) in [5, 5.41) is 1.04. The molecule has 0 amide bonds. The summed E-state index contributed by atoms with van der Waals surface area (Å²) >= 11 is 0. The second-order valence-electron chi connectivity index (χ2n) is 8.92. The van der Waals surface area contributed by atoms with Crippen LogP contribution in [0.2, 0.25) is 0 Å². The third kappa shape index (κ3) is 3.83. The Morgan fingerprint density at radius 1 is 0.968 bits per heavy atom. The molecule has 0 spiro atoms. The summed E-state index contributed by atoms with van der Waals surface area (Å²) in [6, 6.07) is 16.7. The predicted octanol–water partition coefficient (Wildman–Crippen LogP) is 4.77. The number of piperidine rings is 1. The van der Waals surface area contributed by atoms with Gasteiger partial charge in [0.2, 0.25) is 5.91 Å². The van der Waals surface area contributed by atoms with Crippen molar-refractivity contribution in [2.45, 2.75) is 32.2 Å². The lowest BCUT2D eigenvalue weighted by atomic mass is 9.85. The van der Waals surface area contributed by atoms with Crippen LogP contribution < -0.4 is 9.47 Å². The molecule has 2 aliphatic rings. The van der Waals surface area contributed by atoms with E-state index in [0.717, 1.165) is 49.1 Å². The van der Waals surface area contributed by atoms with Gasteiger partial charge in [-0.15, -0.1) is 0 Å². The van der Waals surface area contributed by atoms with Crippen LogP contribution in [0.1, 0.15) is 35.3 Å². The number of carbonyl (C=O) groups is 1. The lowest BCUT2D eigenvalue weighted by Crippen LogP contribution is -2.34. The minimum Gasteiger partial charge on any atom is -0.493 e. The zero-order valence-corrected chi connectivity index (χ0v) is 18.3. The number of fused-ring (bicyclic) bond motifs is 3. The maximum absolute atomic E-state index is 13.3. The number of carbonyl (C=O) groups excluding carboxylic acids is 1. The molecule has 3 aromatic rings. The molecular weight excluding hydrogens is 388 g/mol. The number of hydrogen-bond donors (Lipinski definition) is 0. The van der Waals surface area contributed by atoms with E-state index in [9.17, 15) is 4.79 Å². The van der Waals surface area contributed by atoms with E-state index < -0.39 is 0 Å². The molecule has 162 valence electrons. The minimum atomic E-state index is 0.0955. The van der Waals surface area contributed by atoms with Crippen LogP contribution >= 0.6 is 0 Å². The average Bonchev–Trinajstić information content (AvgIpc) is 3.30. The number of rotatable bonds is 6. The average molecular weight is 419 g/mol. The number of benzene rings is 2. The summed E-state index contributed by atoms with van der Waals surface area (Å²) < 4.78 is 12.8. The van der Waals surface area contributed by atoms with Gasteiger partial charge in [0, 0.05) is 29.6 Å². The molecular formula is C26H30N2O3. The Kier molecular flexibility index (Phi) is 5.45. The van der Waals surface area contributed by atoms with E-state index in [2.05, 4.69) is 41.3 Å². The van der Waals surface area contributed by atoms with Gasteiger partial charge in [-0.2, -0.15) is 0 Å². The van der Waals surface area contributed by atoms with Crippen molar-refractivity contribution in [2.75, 3.05) is 27.3 Å². The first-order valence-electron chi connectivity index (χ1n) is 11.2. The highest BCUT2D eigenvalue weighted by atomic mass is 16.5. The molecule has 31 heavy (non-hydrogen) atoms. The van der Waals surface area contributed by atoms with E-state index in [1.165, 1.54) is 18.4 Å². The van der Waals surface area contributed by atoms with Crippen LogP contribution in [-0.2, 0) is 13.0 Å². The molecule has 2 aliphatic heterocycles. The maximum Gasteiger partial charge on any atom is 0.234 e. The van der Waals surface area contributed by atoms with Crippen molar-refractivity contribution < 1.29 is 14.3 Å². The number of nitrogens with zero attached hydrogens (tertiary/aromatic N) is 2.